The average molecular weight is 491 g/mol. The van der Waals surface area contributed by atoms with E-state index >= 15 is 0 Å². The van der Waals surface area contributed by atoms with Gasteiger partial charge in [0.05, 0.1) is 18.7 Å². The van der Waals surface area contributed by atoms with Gasteiger partial charge in [-0.25, -0.2) is 13.2 Å². The molecule has 8 nitrogen and oxygen atoms in total. The predicted molar refractivity (Wildman–Crippen MR) is 130 cm³/mol. The monoisotopic (exact) mass is 490 g/mol. The van der Waals surface area contributed by atoms with Crippen LogP contribution in [0.3, 0.4) is 0 Å². The number of esters is 1. The summed E-state index contributed by atoms with van der Waals surface area (Å²) >= 11 is 0. The van der Waals surface area contributed by atoms with E-state index in [1.165, 1.54) is 29.6 Å². The number of carbonyl (C=O) groups excluding carboxylic acids is 2. The summed E-state index contributed by atoms with van der Waals surface area (Å²) in [5.74, 6) is -0.764. The van der Waals surface area contributed by atoms with Crippen LogP contribution in [0.1, 0.15) is 56.1 Å². The Bertz CT molecular complexity index is 1070. The van der Waals surface area contributed by atoms with Crippen molar-refractivity contribution >= 4 is 21.9 Å². The van der Waals surface area contributed by atoms with Crippen molar-refractivity contribution in [3.8, 4) is 5.75 Å². The molecule has 1 N–H and O–H groups in total. The second-order valence-electron chi connectivity index (χ2n) is 8.19. The number of nitrogens with zero attached hydrogens (tertiary/aromatic N) is 1. The van der Waals surface area contributed by atoms with Crippen molar-refractivity contribution in [3.63, 3.8) is 0 Å². The number of amides is 1. The fourth-order valence-electron chi connectivity index (χ4n) is 3.59. The van der Waals surface area contributed by atoms with Crippen molar-refractivity contribution in [1.82, 2.24) is 9.62 Å². The lowest BCUT2D eigenvalue weighted by Gasteiger charge is -2.21. The van der Waals surface area contributed by atoms with Gasteiger partial charge in [-0.15, -0.1) is 0 Å². The van der Waals surface area contributed by atoms with Crippen molar-refractivity contribution in [2.24, 2.45) is 5.92 Å². The molecule has 1 atom stereocenters. The summed E-state index contributed by atoms with van der Waals surface area (Å²) in [7, 11) is -2.51. The molecule has 0 radical (unpaired) electrons. The highest BCUT2D eigenvalue weighted by molar-refractivity contribution is 7.89. The van der Waals surface area contributed by atoms with E-state index in [1.54, 1.807) is 13.8 Å². The van der Waals surface area contributed by atoms with E-state index in [0.29, 0.717) is 5.92 Å². The number of benzene rings is 2. The fraction of sp³-hybridized carbons (Fsp3) is 0.440. The molecule has 0 heterocycles. The van der Waals surface area contributed by atoms with E-state index in [-0.39, 0.29) is 35.3 Å². The maximum Gasteiger partial charge on any atom is 0.338 e. The lowest BCUT2D eigenvalue weighted by atomic mass is 9.97. The molecule has 0 saturated carbocycles. The first-order valence-corrected chi connectivity index (χ1v) is 12.8. The Kier molecular flexibility index (Phi) is 10.1. The van der Waals surface area contributed by atoms with Crippen LogP contribution < -0.4 is 10.1 Å². The molecular weight excluding hydrogens is 456 g/mol. The SMILES string of the molecule is CCN(CC)S(=O)(=O)c1cc(C(=O)OCC(=O)NC(CC(C)C)c2ccccc2)ccc1OC. The average Bonchev–Trinajstić information content (AvgIpc) is 2.82. The maximum absolute atomic E-state index is 13.0. The first-order valence-electron chi connectivity index (χ1n) is 11.3. The third-order valence-electron chi connectivity index (χ3n) is 5.30. The Morgan fingerprint density at radius 1 is 1.03 bits per heavy atom. The highest BCUT2D eigenvalue weighted by Gasteiger charge is 2.27. The molecule has 186 valence electrons. The molecule has 0 spiro atoms. The molecule has 1 amide bonds. The van der Waals surface area contributed by atoms with E-state index in [9.17, 15) is 18.0 Å². The van der Waals surface area contributed by atoms with Crippen molar-refractivity contribution in [2.75, 3.05) is 26.8 Å². The summed E-state index contributed by atoms with van der Waals surface area (Å²) < 4.78 is 37.6. The molecule has 2 aromatic rings. The van der Waals surface area contributed by atoms with Gasteiger partial charge in [-0.3, -0.25) is 4.79 Å². The summed E-state index contributed by atoms with van der Waals surface area (Å²) in [6.07, 6.45) is 0.731. The standard InChI is InChI=1S/C25H34N2O6S/c1-6-27(7-2)34(30,31)23-16-20(13-14-22(23)32-5)25(29)33-17-24(28)26-21(15-18(3)4)19-11-9-8-10-12-19/h8-14,16,18,21H,6-7,15,17H2,1-5H3,(H,26,28). The first kappa shape index (κ1) is 27.3. The zero-order valence-electron chi connectivity index (χ0n) is 20.4. The van der Waals surface area contributed by atoms with E-state index < -0.39 is 28.5 Å². The molecule has 0 fully saturated rings. The summed E-state index contributed by atoms with van der Waals surface area (Å²) in [5, 5.41) is 2.92. The second-order valence-corrected chi connectivity index (χ2v) is 10.1. The Morgan fingerprint density at radius 3 is 2.24 bits per heavy atom. The minimum absolute atomic E-state index is 0.0149. The predicted octanol–water partition coefficient (Wildman–Crippen LogP) is 3.79. The molecule has 1 unspecified atom stereocenters. The van der Waals surface area contributed by atoms with Gasteiger partial charge >= 0.3 is 5.97 Å². The molecule has 2 rings (SSSR count). The molecule has 0 aliphatic carbocycles. The Hall–Kier alpha value is -2.91. The van der Waals surface area contributed by atoms with Gasteiger partial charge in [-0.05, 0) is 36.1 Å². The Morgan fingerprint density at radius 2 is 1.68 bits per heavy atom. The normalized spacial score (nSPS) is 12.4. The summed E-state index contributed by atoms with van der Waals surface area (Å²) in [5.41, 5.74) is 0.985. The molecule has 0 aliphatic rings. The van der Waals surface area contributed by atoms with Gasteiger partial charge in [-0.1, -0.05) is 58.0 Å². The molecule has 0 aromatic heterocycles. The minimum atomic E-state index is -3.87. The van der Waals surface area contributed by atoms with E-state index in [1.807, 2.05) is 30.3 Å². The summed E-state index contributed by atoms with van der Waals surface area (Å²) in [6, 6.07) is 13.4. The Balaban J connectivity index is 2.14. The van der Waals surface area contributed by atoms with Gasteiger partial charge in [0, 0.05) is 13.1 Å². The topological polar surface area (TPSA) is 102 Å². The third-order valence-corrected chi connectivity index (χ3v) is 7.37. The van der Waals surface area contributed by atoms with Crippen LogP contribution in [0, 0.1) is 5.92 Å². The van der Waals surface area contributed by atoms with Crippen LogP contribution in [-0.4, -0.2) is 51.4 Å². The largest absolute Gasteiger partial charge is 0.495 e. The number of methoxy groups -OCH3 is 1. The van der Waals surface area contributed by atoms with Crippen molar-refractivity contribution in [3.05, 3.63) is 59.7 Å². The van der Waals surface area contributed by atoms with Gasteiger partial charge < -0.3 is 14.8 Å². The van der Waals surface area contributed by atoms with Crippen LogP contribution in [0.25, 0.3) is 0 Å². The lowest BCUT2D eigenvalue weighted by molar-refractivity contribution is -0.125. The van der Waals surface area contributed by atoms with E-state index in [4.69, 9.17) is 9.47 Å². The number of sulfonamides is 1. The van der Waals surface area contributed by atoms with E-state index in [0.717, 1.165) is 12.0 Å². The smallest absolute Gasteiger partial charge is 0.338 e. The Labute approximate surface area is 202 Å². The van der Waals surface area contributed by atoms with Gasteiger partial charge in [0.25, 0.3) is 5.91 Å². The summed E-state index contributed by atoms with van der Waals surface area (Å²) in [6.45, 7) is 7.65. The number of nitrogens with one attached hydrogen (secondary N) is 1. The number of rotatable bonds is 12. The molecule has 0 bridgehead atoms. The maximum atomic E-state index is 13.0. The number of hydrogen-bond donors (Lipinski definition) is 1. The zero-order valence-corrected chi connectivity index (χ0v) is 21.2. The van der Waals surface area contributed by atoms with Crippen molar-refractivity contribution < 1.29 is 27.5 Å². The van der Waals surface area contributed by atoms with E-state index in [2.05, 4.69) is 19.2 Å². The number of carbonyl (C=O) groups is 2. The van der Waals surface area contributed by atoms with Crippen LogP contribution >= 0.6 is 0 Å². The highest BCUT2D eigenvalue weighted by Crippen LogP contribution is 2.28. The number of ether oxygens (including phenoxy) is 2. The molecule has 0 aliphatic heterocycles. The van der Waals surface area contributed by atoms with Crippen LogP contribution in [-0.2, 0) is 19.6 Å². The first-order chi connectivity index (χ1) is 16.1. The molecular formula is C25H34N2O6S. The lowest BCUT2D eigenvalue weighted by Crippen LogP contribution is -2.33. The highest BCUT2D eigenvalue weighted by atomic mass is 32.2. The molecule has 34 heavy (non-hydrogen) atoms. The molecule has 9 heteroatoms. The van der Waals surface area contributed by atoms with Gasteiger partial charge in [0.2, 0.25) is 10.0 Å². The quantitative estimate of drug-likeness (QED) is 0.454. The van der Waals surface area contributed by atoms with Crippen LogP contribution in [0.2, 0.25) is 0 Å². The van der Waals surface area contributed by atoms with Crippen LogP contribution in [0.4, 0.5) is 0 Å². The van der Waals surface area contributed by atoms with Gasteiger partial charge in [0.15, 0.2) is 6.61 Å². The fourth-order valence-corrected chi connectivity index (χ4v) is 5.23. The summed E-state index contributed by atoms with van der Waals surface area (Å²) in [4.78, 5) is 25.0. The zero-order chi connectivity index (χ0) is 25.3. The van der Waals surface area contributed by atoms with Crippen LogP contribution in [0.5, 0.6) is 5.75 Å². The van der Waals surface area contributed by atoms with Gasteiger partial charge in [-0.2, -0.15) is 4.31 Å². The number of hydrogen-bond acceptors (Lipinski definition) is 6. The minimum Gasteiger partial charge on any atom is -0.495 e. The molecule has 0 saturated heterocycles. The second kappa shape index (κ2) is 12.5. The van der Waals surface area contributed by atoms with Crippen molar-refractivity contribution in [2.45, 2.75) is 45.1 Å². The molecule has 2 aromatic carbocycles. The third kappa shape index (κ3) is 7.04. The van der Waals surface area contributed by atoms with Crippen LogP contribution in [0.15, 0.2) is 53.4 Å². The van der Waals surface area contributed by atoms with Crippen molar-refractivity contribution in [1.29, 1.82) is 0 Å². The van der Waals surface area contributed by atoms with Gasteiger partial charge in [0.1, 0.15) is 10.6 Å².